The van der Waals surface area contributed by atoms with Crippen LogP contribution in [0.1, 0.15) is 25.8 Å². The van der Waals surface area contributed by atoms with E-state index in [9.17, 15) is 4.79 Å². The van der Waals surface area contributed by atoms with Gasteiger partial charge in [0.15, 0.2) is 0 Å². The minimum absolute atomic E-state index is 0.324. The Balaban J connectivity index is 2.58. The van der Waals surface area contributed by atoms with Crippen molar-refractivity contribution in [3.63, 3.8) is 0 Å². The highest BCUT2D eigenvalue weighted by Gasteiger charge is 2.19. The summed E-state index contributed by atoms with van der Waals surface area (Å²) in [4.78, 5) is 11.0. The number of aliphatic carboxylic acids is 1. The fraction of sp³-hybridized carbons (Fsp3) is 0.545. The molecule has 0 aliphatic rings. The van der Waals surface area contributed by atoms with Crippen LogP contribution in [0.4, 0.5) is 0 Å². The second-order valence-electron chi connectivity index (χ2n) is 4.25. The Hall–Kier alpha value is -0.290. The molecule has 6 heteroatoms. The van der Waals surface area contributed by atoms with E-state index in [1.165, 1.54) is 11.3 Å². The highest BCUT2D eigenvalue weighted by molar-refractivity contribution is 7.15. The Morgan fingerprint density at radius 2 is 2.18 bits per heavy atom. The Bertz CT molecular complexity index is 393. The number of hydrogen-bond acceptors (Lipinski definition) is 3. The summed E-state index contributed by atoms with van der Waals surface area (Å²) in [5.41, 5.74) is 0.844. The second-order valence-corrected chi connectivity index (χ2v) is 6.11. The number of carboxylic acid groups (broad SMARTS) is 1. The minimum Gasteiger partial charge on any atom is -0.480 e. The van der Waals surface area contributed by atoms with Crippen molar-refractivity contribution in [1.82, 2.24) is 5.32 Å². The molecule has 0 saturated carbocycles. The van der Waals surface area contributed by atoms with Crippen LogP contribution in [0.25, 0.3) is 0 Å². The lowest BCUT2D eigenvalue weighted by Gasteiger charge is -2.16. The molecule has 0 aromatic carbocycles. The van der Waals surface area contributed by atoms with Crippen LogP contribution in [0, 0.1) is 5.92 Å². The standard InChI is InChI=1S/C11H15Cl2NO2S/c1-6(2)3-8(11(15)16)14-4-7-5-17-10(13)9(7)12/h5-6,8,14H,3-4H2,1-2H3,(H,15,16)/t8-/m0/s1. The third-order valence-corrected chi connectivity index (χ3v) is 4.21. The molecular formula is C11H15Cl2NO2S. The molecule has 1 atom stereocenters. The number of rotatable bonds is 6. The molecule has 2 N–H and O–H groups in total. The van der Waals surface area contributed by atoms with Crippen molar-refractivity contribution in [3.8, 4) is 0 Å². The maximum Gasteiger partial charge on any atom is 0.320 e. The Kier molecular flexibility index (Phi) is 5.73. The maximum atomic E-state index is 11.0. The van der Waals surface area contributed by atoms with Gasteiger partial charge >= 0.3 is 5.97 Å². The molecule has 1 aromatic heterocycles. The van der Waals surface area contributed by atoms with E-state index in [1.54, 1.807) is 0 Å². The van der Waals surface area contributed by atoms with E-state index < -0.39 is 12.0 Å². The fourth-order valence-electron chi connectivity index (χ4n) is 1.45. The van der Waals surface area contributed by atoms with Gasteiger partial charge in [0.25, 0.3) is 0 Å². The van der Waals surface area contributed by atoms with Crippen LogP contribution in [-0.4, -0.2) is 17.1 Å². The third-order valence-electron chi connectivity index (χ3n) is 2.30. The monoisotopic (exact) mass is 295 g/mol. The number of thiophene rings is 1. The predicted molar refractivity (Wildman–Crippen MR) is 72.1 cm³/mol. The number of hydrogen-bond donors (Lipinski definition) is 2. The summed E-state index contributed by atoms with van der Waals surface area (Å²) in [5.74, 6) is -0.513. The van der Waals surface area contributed by atoms with Gasteiger partial charge in [0.05, 0.1) is 5.02 Å². The first-order valence-electron chi connectivity index (χ1n) is 5.29. The fourth-order valence-corrected chi connectivity index (χ4v) is 2.70. The molecule has 0 aliphatic heterocycles. The molecule has 0 amide bonds. The van der Waals surface area contributed by atoms with Crippen molar-refractivity contribution in [3.05, 3.63) is 20.3 Å². The maximum absolute atomic E-state index is 11.0. The molecule has 0 bridgehead atoms. The van der Waals surface area contributed by atoms with Crippen LogP contribution in [0.5, 0.6) is 0 Å². The van der Waals surface area contributed by atoms with Crippen molar-refractivity contribution in [2.45, 2.75) is 32.9 Å². The molecule has 1 heterocycles. The first-order chi connectivity index (χ1) is 7.91. The van der Waals surface area contributed by atoms with Gasteiger partial charge in [-0.05, 0) is 23.3 Å². The smallest absolute Gasteiger partial charge is 0.320 e. The van der Waals surface area contributed by atoms with Crippen molar-refractivity contribution in [2.75, 3.05) is 0 Å². The van der Waals surface area contributed by atoms with Gasteiger partial charge in [-0.15, -0.1) is 11.3 Å². The topological polar surface area (TPSA) is 49.3 Å². The van der Waals surface area contributed by atoms with Gasteiger partial charge in [-0.2, -0.15) is 0 Å². The van der Waals surface area contributed by atoms with Crippen LogP contribution in [0.2, 0.25) is 9.36 Å². The zero-order valence-electron chi connectivity index (χ0n) is 9.67. The lowest BCUT2D eigenvalue weighted by atomic mass is 10.0. The summed E-state index contributed by atoms with van der Waals surface area (Å²) in [6.07, 6.45) is 0.588. The number of carboxylic acids is 1. The molecular weight excluding hydrogens is 281 g/mol. The summed E-state index contributed by atoms with van der Waals surface area (Å²) in [6.45, 7) is 4.41. The van der Waals surface area contributed by atoms with Gasteiger partial charge in [-0.1, -0.05) is 37.0 Å². The molecule has 1 rings (SSSR count). The molecule has 0 aliphatic carbocycles. The van der Waals surface area contributed by atoms with Crippen molar-refractivity contribution in [1.29, 1.82) is 0 Å². The molecule has 3 nitrogen and oxygen atoms in total. The first kappa shape index (κ1) is 14.8. The number of halogens is 2. The summed E-state index contributed by atoms with van der Waals surface area (Å²) < 4.78 is 0.541. The van der Waals surface area contributed by atoms with E-state index in [0.717, 1.165) is 5.56 Å². The van der Waals surface area contributed by atoms with Gasteiger partial charge in [-0.3, -0.25) is 4.79 Å². The van der Waals surface area contributed by atoms with E-state index in [4.69, 9.17) is 28.3 Å². The second kappa shape index (κ2) is 6.59. The number of carbonyl (C=O) groups is 1. The summed E-state index contributed by atoms with van der Waals surface area (Å²) in [6, 6.07) is -0.551. The Morgan fingerprint density at radius 3 is 2.59 bits per heavy atom. The van der Waals surface area contributed by atoms with E-state index >= 15 is 0 Å². The van der Waals surface area contributed by atoms with Crippen LogP contribution < -0.4 is 5.32 Å². The van der Waals surface area contributed by atoms with Crippen LogP contribution in [0.15, 0.2) is 5.38 Å². The average Bonchev–Trinajstić information content (AvgIpc) is 2.54. The van der Waals surface area contributed by atoms with Crippen LogP contribution >= 0.6 is 34.5 Å². The molecule has 0 saturated heterocycles. The highest BCUT2D eigenvalue weighted by atomic mass is 35.5. The van der Waals surface area contributed by atoms with Crippen molar-refractivity contribution in [2.24, 2.45) is 5.92 Å². The summed E-state index contributed by atoms with van der Waals surface area (Å²) in [7, 11) is 0. The molecule has 17 heavy (non-hydrogen) atoms. The Morgan fingerprint density at radius 1 is 1.53 bits per heavy atom. The highest BCUT2D eigenvalue weighted by Crippen LogP contribution is 2.32. The van der Waals surface area contributed by atoms with Gasteiger partial charge in [0.1, 0.15) is 10.4 Å². The molecule has 96 valence electrons. The van der Waals surface area contributed by atoms with E-state index in [0.29, 0.717) is 28.2 Å². The van der Waals surface area contributed by atoms with E-state index in [1.807, 2.05) is 19.2 Å². The minimum atomic E-state index is -0.837. The quantitative estimate of drug-likeness (QED) is 0.842. The van der Waals surface area contributed by atoms with Crippen LogP contribution in [0.3, 0.4) is 0 Å². The van der Waals surface area contributed by atoms with Gasteiger partial charge in [0, 0.05) is 6.54 Å². The number of nitrogens with one attached hydrogen (secondary N) is 1. The van der Waals surface area contributed by atoms with Crippen LogP contribution in [-0.2, 0) is 11.3 Å². The molecule has 0 unspecified atom stereocenters. The lowest BCUT2D eigenvalue weighted by Crippen LogP contribution is -2.37. The van der Waals surface area contributed by atoms with Gasteiger partial charge < -0.3 is 10.4 Å². The zero-order chi connectivity index (χ0) is 13.0. The lowest BCUT2D eigenvalue weighted by molar-refractivity contribution is -0.140. The third kappa shape index (κ3) is 4.47. The normalized spacial score (nSPS) is 13.0. The Labute approximate surface area is 115 Å². The predicted octanol–water partition coefficient (Wildman–Crippen LogP) is 3.64. The van der Waals surface area contributed by atoms with E-state index in [2.05, 4.69) is 5.32 Å². The van der Waals surface area contributed by atoms with Gasteiger partial charge in [0.2, 0.25) is 0 Å². The molecule has 0 fully saturated rings. The van der Waals surface area contributed by atoms with E-state index in [-0.39, 0.29) is 0 Å². The molecule has 0 radical (unpaired) electrons. The zero-order valence-corrected chi connectivity index (χ0v) is 12.0. The van der Waals surface area contributed by atoms with Crippen molar-refractivity contribution < 1.29 is 9.90 Å². The SMILES string of the molecule is CC(C)C[C@H](NCc1csc(Cl)c1Cl)C(=O)O. The van der Waals surface area contributed by atoms with Crippen molar-refractivity contribution >= 4 is 40.5 Å². The van der Waals surface area contributed by atoms with Gasteiger partial charge in [-0.25, -0.2) is 0 Å². The summed E-state index contributed by atoms with van der Waals surface area (Å²) >= 11 is 13.2. The largest absolute Gasteiger partial charge is 0.480 e. The summed E-state index contributed by atoms with van der Waals surface area (Å²) in [5, 5.41) is 14.4. The molecule has 1 aromatic rings. The first-order valence-corrected chi connectivity index (χ1v) is 6.93. The average molecular weight is 296 g/mol. The molecule has 0 spiro atoms.